The molecule has 2 aromatic carbocycles. The van der Waals surface area contributed by atoms with Gasteiger partial charge in [0.2, 0.25) is 0 Å². The van der Waals surface area contributed by atoms with Gasteiger partial charge in [0.25, 0.3) is 5.91 Å². The average Bonchev–Trinajstić information content (AvgIpc) is 2.63. The fraction of sp³-hybridized carbons (Fsp3) is 0.263. The number of carbonyl (C=O) groups excluding carboxylic acids is 1. The summed E-state index contributed by atoms with van der Waals surface area (Å²) < 4.78 is 16.1. The van der Waals surface area contributed by atoms with E-state index in [9.17, 15) is 4.79 Å². The maximum Gasteiger partial charge on any atom is 0.258 e. The number of halogens is 1. The Hall–Kier alpha value is -2.91. The van der Waals surface area contributed by atoms with E-state index >= 15 is 0 Å². The maximum absolute atomic E-state index is 11.9. The van der Waals surface area contributed by atoms with Gasteiger partial charge in [0.1, 0.15) is 12.4 Å². The van der Waals surface area contributed by atoms with Gasteiger partial charge in [-0.1, -0.05) is 23.7 Å². The van der Waals surface area contributed by atoms with E-state index in [0.29, 0.717) is 24.5 Å². The first kappa shape index (κ1) is 19.4. The van der Waals surface area contributed by atoms with Gasteiger partial charge in [0.05, 0.1) is 30.3 Å². The SMILES string of the molecule is COc1cc(C#N)cc(Cl)c1OCC(=O)NCCOc1cccc(C)c1. The molecule has 0 radical (unpaired) electrons. The molecule has 0 spiro atoms. The topological polar surface area (TPSA) is 80.6 Å². The predicted molar refractivity (Wildman–Crippen MR) is 97.9 cm³/mol. The second kappa shape index (κ2) is 9.54. The molecule has 136 valence electrons. The van der Waals surface area contributed by atoms with Crippen LogP contribution in [0.1, 0.15) is 11.1 Å². The number of amides is 1. The smallest absolute Gasteiger partial charge is 0.258 e. The molecule has 6 nitrogen and oxygen atoms in total. The summed E-state index contributed by atoms with van der Waals surface area (Å²) in [6.07, 6.45) is 0. The highest BCUT2D eigenvalue weighted by molar-refractivity contribution is 6.32. The highest BCUT2D eigenvalue weighted by Crippen LogP contribution is 2.36. The number of nitriles is 1. The van der Waals surface area contributed by atoms with Crippen LogP contribution in [0.25, 0.3) is 0 Å². The first-order valence-corrected chi connectivity index (χ1v) is 8.28. The van der Waals surface area contributed by atoms with Crippen molar-refractivity contribution in [3.63, 3.8) is 0 Å². The zero-order valence-corrected chi connectivity index (χ0v) is 15.3. The second-order valence-electron chi connectivity index (χ2n) is 5.40. The number of methoxy groups -OCH3 is 1. The molecule has 26 heavy (non-hydrogen) atoms. The molecule has 0 aliphatic rings. The van der Waals surface area contributed by atoms with Crippen molar-refractivity contribution in [1.82, 2.24) is 5.32 Å². The monoisotopic (exact) mass is 374 g/mol. The Morgan fingerprint density at radius 1 is 1.27 bits per heavy atom. The molecule has 0 aliphatic heterocycles. The summed E-state index contributed by atoms with van der Waals surface area (Å²) in [5.74, 6) is 0.953. The molecule has 1 N–H and O–H groups in total. The van der Waals surface area contributed by atoms with Crippen molar-refractivity contribution in [3.05, 3.63) is 52.5 Å². The summed E-state index contributed by atoms with van der Waals surface area (Å²) >= 11 is 6.08. The van der Waals surface area contributed by atoms with E-state index in [2.05, 4.69) is 5.32 Å². The van der Waals surface area contributed by atoms with E-state index in [1.54, 1.807) is 0 Å². The lowest BCUT2D eigenvalue weighted by Crippen LogP contribution is -2.32. The van der Waals surface area contributed by atoms with Gasteiger partial charge < -0.3 is 19.5 Å². The first-order chi connectivity index (χ1) is 12.5. The number of nitrogens with one attached hydrogen (secondary N) is 1. The fourth-order valence-electron chi connectivity index (χ4n) is 2.18. The van der Waals surface area contributed by atoms with E-state index in [4.69, 9.17) is 31.1 Å². The lowest BCUT2D eigenvalue weighted by atomic mass is 10.2. The summed E-state index contributed by atoms with van der Waals surface area (Å²) in [5.41, 5.74) is 1.45. The van der Waals surface area contributed by atoms with Gasteiger partial charge in [-0.3, -0.25) is 4.79 Å². The molecule has 7 heteroatoms. The van der Waals surface area contributed by atoms with E-state index in [1.165, 1.54) is 19.2 Å². The Kier molecular flexibility index (Phi) is 7.12. The zero-order chi connectivity index (χ0) is 18.9. The molecule has 1 amide bonds. The molecule has 0 aromatic heterocycles. The van der Waals surface area contributed by atoms with Crippen molar-refractivity contribution < 1.29 is 19.0 Å². The van der Waals surface area contributed by atoms with Crippen LogP contribution in [0.5, 0.6) is 17.2 Å². The van der Waals surface area contributed by atoms with Crippen LogP contribution >= 0.6 is 11.6 Å². The van der Waals surface area contributed by atoms with Crippen LogP contribution in [0.15, 0.2) is 36.4 Å². The van der Waals surface area contributed by atoms with Crippen molar-refractivity contribution in [1.29, 1.82) is 5.26 Å². The molecular formula is C19H19ClN2O4. The van der Waals surface area contributed by atoms with E-state index < -0.39 is 0 Å². The third-order valence-electron chi connectivity index (χ3n) is 3.39. The van der Waals surface area contributed by atoms with Crippen molar-refractivity contribution in [2.75, 3.05) is 26.9 Å². The van der Waals surface area contributed by atoms with Crippen LogP contribution in [0.3, 0.4) is 0 Å². The molecule has 0 bridgehead atoms. The number of rotatable bonds is 8. The quantitative estimate of drug-likeness (QED) is 0.718. The van der Waals surface area contributed by atoms with Crippen LogP contribution in [-0.4, -0.2) is 32.8 Å². The summed E-state index contributed by atoms with van der Waals surface area (Å²) in [6, 6.07) is 12.6. The number of aryl methyl sites for hydroxylation is 1. The molecule has 0 aliphatic carbocycles. The second-order valence-corrected chi connectivity index (χ2v) is 5.81. The van der Waals surface area contributed by atoms with Crippen molar-refractivity contribution in [3.8, 4) is 23.3 Å². The Morgan fingerprint density at radius 2 is 2.08 bits per heavy atom. The normalized spacial score (nSPS) is 9.92. The fourth-order valence-corrected chi connectivity index (χ4v) is 2.44. The van der Waals surface area contributed by atoms with Crippen LogP contribution in [0.2, 0.25) is 5.02 Å². The van der Waals surface area contributed by atoms with Gasteiger partial charge >= 0.3 is 0 Å². The number of ether oxygens (including phenoxy) is 3. The number of nitrogens with zero attached hydrogens (tertiary/aromatic N) is 1. The van der Waals surface area contributed by atoms with Gasteiger partial charge in [-0.15, -0.1) is 0 Å². The molecule has 2 aromatic rings. The summed E-state index contributed by atoms with van der Waals surface area (Å²) in [7, 11) is 1.43. The maximum atomic E-state index is 11.9. The van der Waals surface area contributed by atoms with Gasteiger partial charge in [0.15, 0.2) is 18.1 Å². The molecule has 0 unspecified atom stereocenters. The highest BCUT2D eigenvalue weighted by atomic mass is 35.5. The van der Waals surface area contributed by atoms with Crippen LogP contribution in [0.4, 0.5) is 0 Å². The lowest BCUT2D eigenvalue weighted by Gasteiger charge is -2.13. The Balaban J connectivity index is 1.79. The van der Waals surface area contributed by atoms with E-state index in [-0.39, 0.29) is 23.3 Å². The largest absolute Gasteiger partial charge is 0.493 e. The molecular weight excluding hydrogens is 356 g/mol. The molecule has 0 heterocycles. The molecule has 0 atom stereocenters. The summed E-state index contributed by atoms with van der Waals surface area (Å²) in [4.78, 5) is 11.9. The average molecular weight is 375 g/mol. The van der Waals surface area contributed by atoms with Gasteiger partial charge in [-0.2, -0.15) is 5.26 Å². The lowest BCUT2D eigenvalue weighted by molar-refractivity contribution is -0.123. The standard InChI is InChI=1S/C19H19ClN2O4/c1-13-4-3-5-15(8-13)25-7-6-22-18(23)12-26-19-16(20)9-14(11-21)10-17(19)24-2/h3-5,8-10H,6-7,12H2,1-2H3,(H,22,23). The Labute approximate surface area is 157 Å². The first-order valence-electron chi connectivity index (χ1n) is 7.90. The van der Waals surface area contributed by atoms with Gasteiger partial charge in [0, 0.05) is 6.07 Å². The van der Waals surface area contributed by atoms with Gasteiger partial charge in [-0.05, 0) is 30.7 Å². The third-order valence-corrected chi connectivity index (χ3v) is 3.67. The third kappa shape index (κ3) is 5.57. The van der Waals surface area contributed by atoms with Crippen LogP contribution < -0.4 is 19.5 Å². The Morgan fingerprint density at radius 3 is 2.77 bits per heavy atom. The molecule has 2 rings (SSSR count). The van der Waals surface area contributed by atoms with Crippen molar-refractivity contribution >= 4 is 17.5 Å². The highest BCUT2D eigenvalue weighted by Gasteiger charge is 2.13. The number of hydrogen-bond donors (Lipinski definition) is 1. The number of carbonyl (C=O) groups is 1. The number of benzene rings is 2. The van der Waals surface area contributed by atoms with E-state index in [0.717, 1.165) is 11.3 Å². The van der Waals surface area contributed by atoms with Gasteiger partial charge in [-0.25, -0.2) is 0 Å². The van der Waals surface area contributed by atoms with E-state index in [1.807, 2.05) is 37.3 Å². The predicted octanol–water partition coefficient (Wildman–Crippen LogP) is 3.10. The van der Waals surface area contributed by atoms with Crippen LogP contribution in [0, 0.1) is 18.3 Å². The minimum absolute atomic E-state index is 0.205. The number of hydrogen-bond acceptors (Lipinski definition) is 5. The van der Waals surface area contributed by atoms with Crippen LogP contribution in [-0.2, 0) is 4.79 Å². The molecule has 0 saturated carbocycles. The van der Waals surface area contributed by atoms with Crippen molar-refractivity contribution in [2.24, 2.45) is 0 Å². The molecule has 0 saturated heterocycles. The van der Waals surface area contributed by atoms with Crippen molar-refractivity contribution in [2.45, 2.75) is 6.92 Å². The zero-order valence-electron chi connectivity index (χ0n) is 14.5. The Bertz CT molecular complexity index is 818. The minimum atomic E-state index is -0.319. The molecule has 0 fully saturated rings. The summed E-state index contributed by atoms with van der Waals surface area (Å²) in [6.45, 7) is 2.44. The summed E-state index contributed by atoms with van der Waals surface area (Å²) in [5, 5.41) is 11.8. The minimum Gasteiger partial charge on any atom is -0.493 e.